The van der Waals surface area contributed by atoms with Crippen LogP contribution >= 0.6 is 0 Å². The molecule has 0 aliphatic carbocycles. The van der Waals surface area contributed by atoms with E-state index >= 15 is 0 Å². The number of hydrogen-bond donors (Lipinski definition) is 2. The van der Waals surface area contributed by atoms with Gasteiger partial charge in [0.05, 0.1) is 5.52 Å². The Morgan fingerprint density at radius 2 is 2.20 bits per heavy atom. The van der Waals surface area contributed by atoms with Gasteiger partial charge in [-0.1, -0.05) is 12.1 Å². The molecule has 0 radical (unpaired) electrons. The van der Waals surface area contributed by atoms with Crippen LogP contribution in [0.25, 0.3) is 10.9 Å². The fourth-order valence-electron chi connectivity index (χ4n) is 1.52. The van der Waals surface area contributed by atoms with Gasteiger partial charge in [-0.05, 0) is 24.7 Å². The lowest BCUT2D eigenvalue weighted by atomic mass is 10.1. The SMILES string of the molecule is CNCc1ccc2cc(F)c(N)nc2c1. The largest absolute Gasteiger partial charge is 0.381 e. The third kappa shape index (κ3) is 1.89. The highest BCUT2D eigenvalue weighted by Gasteiger charge is 2.03. The highest BCUT2D eigenvalue weighted by molar-refractivity contribution is 5.80. The molecule has 0 fully saturated rings. The average molecular weight is 205 g/mol. The van der Waals surface area contributed by atoms with Crippen LogP contribution in [0.15, 0.2) is 24.3 Å². The van der Waals surface area contributed by atoms with Crippen LogP contribution in [0.5, 0.6) is 0 Å². The van der Waals surface area contributed by atoms with Crippen molar-refractivity contribution in [3.63, 3.8) is 0 Å². The van der Waals surface area contributed by atoms with Crippen molar-refractivity contribution >= 4 is 16.7 Å². The molecular weight excluding hydrogens is 193 g/mol. The minimum Gasteiger partial charge on any atom is -0.381 e. The lowest BCUT2D eigenvalue weighted by Gasteiger charge is -2.03. The van der Waals surface area contributed by atoms with E-state index in [4.69, 9.17) is 5.73 Å². The third-order valence-corrected chi connectivity index (χ3v) is 2.24. The number of hydrogen-bond acceptors (Lipinski definition) is 3. The molecule has 0 amide bonds. The predicted molar refractivity (Wildman–Crippen MR) is 58.9 cm³/mol. The highest BCUT2D eigenvalue weighted by atomic mass is 19.1. The molecule has 0 saturated heterocycles. The van der Waals surface area contributed by atoms with Crippen LogP contribution in [0.2, 0.25) is 0 Å². The summed E-state index contributed by atoms with van der Waals surface area (Å²) in [6, 6.07) is 7.09. The first-order valence-electron chi connectivity index (χ1n) is 4.70. The maximum atomic E-state index is 13.1. The summed E-state index contributed by atoms with van der Waals surface area (Å²) in [6.07, 6.45) is 0. The first kappa shape index (κ1) is 9.86. The Bertz CT molecular complexity index is 496. The lowest BCUT2D eigenvalue weighted by Crippen LogP contribution is -2.05. The molecule has 0 spiro atoms. The Balaban J connectivity index is 2.56. The summed E-state index contributed by atoms with van der Waals surface area (Å²) in [5.74, 6) is -0.520. The first-order chi connectivity index (χ1) is 7.20. The van der Waals surface area contributed by atoms with Gasteiger partial charge in [-0.25, -0.2) is 9.37 Å². The fraction of sp³-hybridized carbons (Fsp3) is 0.182. The molecule has 0 aliphatic heterocycles. The molecule has 0 saturated carbocycles. The number of anilines is 1. The summed E-state index contributed by atoms with van der Waals surface area (Å²) in [4.78, 5) is 3.99. The van der Waals surface area contributed by atoms with E-state index < -0.39 is 5.82 Å². The van der Waals surface area contributed by atoms with Gasteiger partial charge in [0.15, 0.2) is 11.6 Å². The second kappa shape index (κ2) is 3.82. The molecule has 1 aromatic heterocycles. The molecule has 1 aromatic carbocycles. The van der Waals surface area contributed by atoms with Crippen molar-refractivity contribution in [2.24, 2.45) is 0 Å². The van der Waals surface area contributed by atoms with Crippen molar-refractivity contribution < 1.29 is 4.39 Å². The Kier molecular flexibility index (Phi) is 2.51. The molecule has 4 heteroatoms. The Labute approximate surface area is 87.1 Å². The van der Waals surface area contributed by atoms with E-state index in [9.17, 15) is 4.39 Å². The quantitative estimate of drug-likeness (QED) is 0.784. The highest BCUT2D eigenvalue weighted by Crippen LogP contribution is 2.18. The number of nitrogens with zero attached hydrogens (tertiary/aromatic N) is 1. The Morgan fingerprint density at radius 1 is 1.40 bits per heavy atom. The minimum atomic E-state index is -0.469. The van der Waals surface area contributed by atoms with Gasteiger partial charge >= 0.3 is 0 Å². The number of pyridine rings is 1. The van der Waals surface area contributed by atoms with Crippen LogP contribution in [0.4, 0.5) is 10.2 Å². The summed E-state index contributed by atoms with van der Waals surface area (Å²) in [5.41, 5.74) is 7.23. The lowest BCUT2D eigenvalue weighted by molar-refractivity contribution is 0.630. The van der Waals surface area contributed by atoms with Crippen molar-refractivity contribution in [3.8, 4) is 0 Å². The van der Waals surface area contributed by atoms with Crippen LogP contribution in [0.3, 0.4) is 0 Å². The zero-order valence-corrected chi connectivity index (χ0v) is 8.42. The van der Waals surface area contributed by atoms with Crippen LogP contribution in [0.1, 0.15) is 5.56 Å². The topological polar surface area (TPSA) is 50.9 Å². The smallest absolute Gasteiger partial charge is 0.165 e. The number of aromatic nitrogens is 1. The van der Waals surface area contributed by atoms with Gasteiger partial charge in [-0.2, -0.15) is 0 Å². The molecule has 2 rings (SSSR count). The molecular formula is C11H12FN3. The van der Waals surface area contributed by atoms with Crippen LogP contribution < -0.4 is 11.1 Å². The van der Waals surface area contributed by atoms with Gasteiger partial charge in [-0.3, -0.25) is 0 Å². The number of halogens is 1. The number of nitrogens with two attached hydrogens (primary N) is 1. The van der Waals surface area contributed by atoms with Crippen LogP contribution in [-0.2, 0) is 6.54 Å². The van der Waals surface area contributed by atoms with E-state index in [0.29, 0.717) is 0 Å². The maximum absolute atomic E-state index is 13.1. The van der Waals surface area contributed by atoms with E-state index in [1.165, 1.54) is 6.07 Å². The van der Waals surface area contributed by atoms with E-state index in [-0.39, 0.29) is 5.82 Å². The molecule has 2 aromatic rings. The van der Waals surface area contributed by atoms with Crippen LogP contribution in [-0.4, -0.2) is 12.0 Å². The fourth-order valence-corrected chi connectivity index (χ4v) is 1.52. The third-order valence-electron chi connectivity index (χ3n) is 2.24. The second-order valence-electron chi connectivity index (χ2n) is 3.41. The number of benzene rings is 1. The molecule has 78 valence electrons. The zero-order chi connectivity index (χ0) is 10.8. The number of fused-ring (bicyclic) bond motifs is 1. The van der Waals surface area contributed by atoms with Crippen molar-refractivity contribution in [1.82, 2.24) is 10.3 Å². The van der Waals surface area contributed by atoms with Gasteiger partial charge in [0.2, 0.25) is 0 Å². The van der Waals surface area contributed by atoms with Gasteiger partial charge in [-0.15, -0.1) is 0 Å². The van der Waals surface area contributed by atoms with Crippen molar-refractivity contribution in [1.29, 1.82) is 0 Å². The molecule has 1 heterocycles. The van der Waals surface area contributed by atoms with E-state index in [1.807, 2.05) is 25.2 Å². The van der Waals surface area contributed by atoms with Crippen molar-refractivity contribution in [2.75, 3.05) is 12.8 Å². The molecule has 3 nitrogen and oxygen atoms in total. The molecule has 0 bridgehead atoms. The minimum absolute atomic E-state index is 0.0518. The van der Waals surface area contributed by atoms with Crippen LogP contribution in [0, 0.1) is 5.82 Å². The van der Waals surface area contributed by atoms with Gasteiger partial charge in [0.1, 0.15) is 0 Å². The van der Waals surface area contributed by atoms with Gasteiger partial charge in [0, 0.05) is 11.9 Å². The molecule has 0 unspecified atom stereocenters. The first-order valence-corrected chi connectivity index (χ1v) is 4.70. The summed E-state index contributed by atoms with van der Waals surface area (Å²) in [7, 11) is 1.87. The molecule has 15 heavy (non-hydrogen) atoms. The van der Waals surface area contributed by atoms with Crippen molar-refractivity contribution in [2.45, 2.75) is 6.54 Å². The normalized spacial score (nSPS) is 10.8. The number of rotatable bonds is 2. The van der Waals surface area contributed by atoms with Gasteiger partial charge in [0.25, 0.3) is 0 Å². The van der Waals surface area contributed by atoms with Crippen molar-refractivity contribution in [3.05, 3.63) is 35.6 Å². The predicted octanol–water partition coefficient (Wildman–Crippen LogP) is 1.68. The van der Waals surface area contributed by atoms with Gasteiger partial charge < -0.3 is 11.1 Å². The monoisotopic (exact) mass is 205 g/mol. The standard InChI is InChI=1S/C11H12FN3/c1-14-6-7-2-3-8-5-9(12)11(13)15-10(8)4-7/h2-5,14H,6H2,1H3,(H2,13,15). The summed E-state index contributed by atoms with van der Waals surface area (Å²) >= 11 is 0. The van der Waals surface area contributed by atoms with E-state index in [2.05, 4.69) is 10.3 Å². The Hall–Kier alpha value is -1.68. The van der Waals surface area contributed by atoms with E-state index in [1.54, 1.807) is 0 Å². The summed E-state index contributed by atoms with van der Waals surface area (Å²) in [6.45, 7) is 0.759. The summed E-state index contributed by atoms with van der Waals surface area (Å²) in [5, 5.41) is 3.81. The summed E-state index contributed by atoms with van der Waals surface area (Å²) < 4.78 is 13.1. The maximum Gasteiger partial charge on any atom is 0.165 e. The average Bonchev–Trinajstić information content (AvgIpc) is 2.21. The van der Waals surface area contributed by atoms with E-state index in [0.717, 1.165) is 23.0 Å². The zero-order valence-electron chi connectivity index (χ0n) is 8.42. The molecule has 3 N–H and O–H groups in total. The Morgan fingerprint density at radius 3 is 2.93 bits per heavy atom. The molecule has 0 atom stereocenters. The number of nitrogen functional groups attached to an aromatic ring is 1. The molecule has 0 aliphatic rings. The number of nitrogens with one attached hydrogen (secondary N) is 1. The second-order valence-corrected chi connectivity index (χ2v) is 3.41.